The molecule has 0 amide bonds. The second kappa shape index (κ2) is 8.19. The Kier molecular flexibility index (Phi) is 5.98. The predicted octanol–water partition coefficient (Wildman–Crippen LogP) is 2.47. The SMILES string of the molecule is NC(=NCC1(c2cccc(Cl)c2)CCOCC1)NCC1CCCO1. The van der Waals surface area contributed by atoms with Gasteiger partial charge in [0.1, 0.15) is 0 Å². The normalized spacial score (nSPS) is 24.0. The van der Waals surface area contributed by atoms with Crippen molar-refractivity contribution >= 4 is 17.6 Å². The molecule has 1 aromatic rings. The first kappa shape index (κ1) is 17.5. The number of hydrogen-bond acceptors (Lipinski definition) is 3. The summed E-state index contributed by atoms with van der Waals surface area (Å²) in [5.41, 5.74) is 7.22. The van der Waals surface area contributed by atoms with E-state index in [1.54, 1.807) is 0 Å². The number of halogens is 1. The van der Waals surface area contributed by atoms with E-state index in [0.29, 0.717) is 12.5 Å². The van der Waals surface area contributed by atoms with Crippen LogP contribution in [0.15, 0.2) is 29.3 Å². The number of nitrogens with one attached hydrogen (secondary N) is 1. The third-order valence-electron chi connectivity index (χ3n) is 4.97. The van der Waals surface area contributed by atoms with Crippen molar-refractivity contribution in [2.45, 2.75) is 37.2 Å². The second-order valence-electron chi connectivity index (χ2n) is 6.62. The lowest BCUT2D eigenvalue weighted by Gasteiger charge is -2.36. The Labute approximate surface area is 148 Å². The van der Waals surface area contributed by atoms with Crippen LogP contribution in [0, 0.1) is 0 Å². The molecule has 1 atom stereocenters. The lowest BCUT2D eigenvalue weighted by Crippen LogP contribution is -2.41. The Hall–Kier alpha value is -1.30. The number of nitrogens with two attached hydrogens (primary N) is 1. The monoisotopic (exact) mass is 351 g/mol. The van der Waals surface area contributed by atoms with Crippen LogP contribution in [0.5, 0.6) is 0 Å². The van der Waals surface area contributed by atoms with Crippen molar-refractivity contribution in [3.05, 3.63) is 34.9 Å². The van der Waals surface area contributed by atoms with E-state index < -0.39 is 0 Å². The number of rotatable bonds is 5. The summed E-state index contributed by atoms with van der Waals surface area (Å²) in [6, 6.07) is 8.07. The summed E-state index contributed by atoms with van der Waals surface area (Å²) >= 11 is 6.19. The molecule has 2 aliphatic heterocycles. The van der Waals surface area contributed by atoms with Gasteiger partial charge in [-0.2, -0.15) is 0 Å². The van der Waals surface area contributed by atoms with E-state index in [4.69, 9.17) is 26.8 Å². The molecule has 0 bridgehead atoms. The van der Waals surface area contributed by atoms with Gasteiger partial charge in [0, 0.05) is 36.8 Å². The number of nitrogens with zero attached hydrogens (tertiary/aromatic N) is 1. The van der Waals surface area contributed by atoms with E-state index in [0.717, 1.165) is 57.1 Å². The first-order valence-electron chi connectivity index (χ1n) is 8.67. The van der Waals surface area contributed by atoms with Crippen LogP contribution in [-0.2, 0) is 14.9 Å². The Bertz CT molecular complexity index is 567. The molecule has 132 valence electrons. The van der Waals surface area contributed by atoms with Crippen molar-refractivity contribution in [1.29, 1.82) is 0 Å². The molecule has 2 saturated heterocycles. The number of ether oxygens (including phenoxy) is 2. The summed E-state index contributed by atoms with van der Waals surface area (Å²) in [4.78, 5) is 4.62. The molecule has 2 fully saturated rings. The van der Waals surface area contributed by atoms with Crippen LogP contribution in [0.4, 0.5) is 0 Å². The maximum atomic E-state index is 6.19. The van der Waals surface area contributed by atoms with Crippen LogP contribution in [0.3, 0.4) is 0 Å². The highest BCUT2D eigenvalue weighted by atomic mass is 35.5. The molecule has 2 heterocycles. The van der Waals surface area contributed by atoms with Gasteiger partial charge in [-0.05, 0) is 43.4 Å². The molecule has 0 aromatic heterocycles. The molecule has 6 heteroatoms. The summed E-state index contributed by atoms with van der Waals surface area (Å²) < 4.78 is 11.1. The topological polar surface area (TPSA) is 68.9 Å². The molecular weight excluding hydrogens is 326 g/mol. The van der Waals surface area contributed by atoms with Gasteiger partial charge in [-0.3, -0.25) is 4.99 Å². The zero-order valence-electron chi connectivity index (χ0n) is 14.0. The van der Waals surface area contributed by atoms with E-state index in [1.165, 1.54) is 5.56 Å². The molecule has 0 saturated carbocycles. The smallest absolute Gasteiger partial charge is 0.188 e. The van der Waals surface area contributed by atoms with E-state index >= 15 is 0 Å². The van der Waals surface area contributed by atoms with Crippen molar-refractivity contribution in [2.75, 3.05) is 32.9 Å². The number of guanidine groups is 1. The molecule has 0 aliphatic carbocycles. The standard InChI is InChI=1S/C18H26ClN3O2/c19-15-4-1-3-14(11-15)18(6-9-23-10-7-18)13-22-17(20)21-12-16-5-2-8-24-16/h1,3-4,11,16H,2,5-10,12-13H2,(H3,20,21,22). The van der Waals surface area contributed by atoms with Crippen molar-refractivity contribution in [3.63, 3.8) is 0 Å². The minimum Gasteiger partial charge on any atom is -0.381 e. The fraction of sp³-hybridized carbons (Fsp3) is 0.611. The van der Waals surface area contributed by atoms with Crippen LogP contribution in [0.25, 0.3) is 0 Å². The maximum Gasteiger partial charge on any atom is 0.188 e. The van der Waals surface area contributed by atoms with Crippen LogP contribution in [0.2, 0.25) is 5.02 Å². The highest BCUT2D eigenvalue weighted by Crippen LogP contribution is 2.36. The average Bonchev–Trinajstić information content (AvgIpc) is 3.12. The number of aliphatic imine (C=N–C) groups is 1. The van der Waals surface area contributed by atoms with Gasteiger partial charge in [-0.25, -0.2) is 0 Å². The molecule has 3 rings (SSSR count). The van der Waals surface area contributed by atoms with Crippen LogP contribution in [-0.4, -0.2) is 45.0 Å². The highest BCUT2D eigenvalue weighted by molar-refractivity contribution is 6.30. The van der Waals surface area contributed by atoms with E-state index in [-0.39, 0.29) is 11.5 Å². The zero-order valence-corrected chi connectivity index (χ0v) is 14.7. The van der Waals surface area contributed by atoms with Crippen molar-refractivity contribution < 1.29 is 9.47 Å². The van der Waals surface area contributed by atoms with Crippen LogP contribution >= 0.6 is 11.6 Å². The van der Waals surface area contributed by atoms with E-state index in [1.807, 2.05) is 18.2 Å². The molecular formula is C18H26ClN3O2. The fourth-order valence-electron chi connectivity index (χ4n) is 3.43. The summed E-state index contributed by atoms with van der Waals surface area (Å²) in [7, 11) is 0. The molecule has 24 heavy (non-hydrogen) atoms. The summed E-state index contributed by atoms with van der Waals surface area (Å²) in [5.74, 6) is 0.485. The third-order valence-corrected chi connectivity index (χ3v) is 5.21. The predicted molar refractivity (Wildman–Crippen MR) is 96.6 cm³/mol. The molecule has 3 N–H and O–H groups in total. The summed E-state index contributed by atoms with van der Waals surface area (Å²) in [5, 5.41) is 3.95. The highest BCUT2D eigenvalue weighted by Gasteiger charge is 2.34. The van der Waals surface area contributed by atoms with Crippen molar-refractivity contribution in [2.24, 2.45) is 10.7 Å². The molecule has 5 nitrogen and oxygen atoms in total. The van der Waals surface area contributed by atoms with Crippen molar-refractivity contribution in [1.82, 2.24) is 5.32 Å². The van der Waals surface area contributed by atoms with Gasteiger partial charge in [0.05, 0.1) is 12.6 Å². The minimum atomic E-state index is -0.0562. The van der Waals surface area contributed by atoms with Gasteiger partial charge in [-0.1, -0.05) is 23.7 Å². The molecule has 1 aromatic carbocycles. The first-order chi connectivity index (χ1) is 11.7. The summed E-state index contributed by atoms with van der Waals surface area (Å²) in [6.45, 7) is 3.70. The quantitative estimate of drug-likeness (QED) is 0.631. The van der Waals surface area contributed by atoms with Gasteiger partial charge in [0.25, 0.3) is 0 Å². The zero-order chi connectivity index (χ0) is 16.8. The molecule has 2 aliphatic rings. The lowest BCUT2D eigenvalue weighted by molar-refractivity contribution is 0.0531. The largest absolute Gasteiger partial charge is 0.381 e. The van der Waals surface area contributed by atoms with Crippen molar-refractivity contribution in [3.8, 4) is 0 Å². The van der Waals surface area contributed by atoms with Gasteiger partial charge in [-0.15, -0.1) is 0 Å². The maximum absolute atomic E-state index is 6.19. The Morgan fingerprint density at radius 2 is 2.17 bits per heavy atom. The first-order valence-corrected chi connectivity index (χ1v) is 9.05. The molecule has 1 unspecified atom stereocenters. The molecule has 0 spiro atoms. The van der Waals surface area contributed by atoms with E-state index in [9.17, 15) is 0 Å². The Balaban J connectivity index is 1.66. The Morgan fingerprint density at radius 3 is 2.88 bits per heavy atom. The van der Waals surface area contributed by atoms with E-state index in [2.05, 4.69) is 16.4 Å². The lowest BCUT2D eigenvalue weighted by atomic mass is 9.74. The van der Waals surface area contributed by atoms with Gasteiger partial charge < -0.3 is 20.5 Å². The number of benzene rings is 1. The van der Waals surface area contributed by atoms with Crippen LogP contribution in [0.1, 0.15) is 31.2 Å². The van der Waals surface area contributed by atoms with Gasteiger partial charge in [0.15, 0.2) is 5.96 Å². The summed E-state index contributed by atoms with van der Waals surface area (Å²) in [6.07, 6.45) is 4.32. The van der Waals surface area contributed by atoms with Crippen LogP contribution < -0.4 is 11.1 Å². The Morgan fingerprint density at radius 1 is 1.33 bits per heavy atom. The average molecular weight is 352 g/mol. The molecule has 0 radical (unpaired) electrons. The third kappa shape index (κ3) is 4.41. The van der Waals surface area contributed by atoms with Gasteiger partial charge >= 0.3 is 0 Å². The second-order valence-corrected chi connectivity index (χ2v) is 7.06. The minimum absolute atomic E-state index is 0.0562. The number of hydrogen-bond donors (Lipinski definition) is 2. The van der Waals surface area contributed by atoms with Gasteiger partial charge in [0.2, 0.25) is 0 Å². The fourth-order valence-corrected chi connectivity index (χ4v) is 3.62.